The van der Waals surface area contributed by atoms with Crippen LogP contribution in [-0.4, -0.2) is 45.9 Å². The molecule has 6 nitrogen and oxygen atoms in total. The summed E-state index contributed by atoms with van der Waals surface area (Å²) in [5, 5.41) is 13.2. The van der Waals surface area contributed by atoms with Gasteiger partial charge in [-0.2, -0.15) is 10.4 Å². The minimum absolute atomic E-state index is 0.104. The van der Waals surface area contributed by atoms with E-state index in [1.807, 2.05) is 37.3 Å². The molecule has 0 unspecified atom stereocenters. The SMILES string of the molecule is Cc1nn(CCC#N)c(C)c1CCC(=O)N1C[C@H](C)OC[C@H]1C. The topological polar surface area (TPSA) is 71.2 Å². The molecule has 2 atom stereocenters. The van der Waals surface area contributed by atoms with E-state index < -0.39 is 0 Å². The van der Waals surface area contributed by atoms with Gasteiger partial charge in [0.05, 0.1) is 43.5 Å². The molecule has 0 aliphatic carbocycles. The van der Waals surface area contributed by atoms with Crippen LogP contribution in [0.3, 0.4) is 0 Å². The molecule has 0 saturated carbocycles. The maximum atomic E-state index is 12.5. The van der Waals surface area contributed by atoms with Crippen molar-refractivity contribution in [1.82, 2.24) is 14.7 Å². The van der Waals surface area contributed by atoms with Gasteiger partial charge in [-0.3, -0.25) is 9.48 Å². The van der Waals surface area contributed by atoms with Crippen molar-refractivity contribution >= 4 is 5.91 Å². The van der Waals surface area contributed by atoms with E-state index in [0.29, 0.717) is 39.0 Å². The average Bonchev–Trinajstić information content (AvgIpc) is 2.79. The quantitative estimate of drug-likeness (QED) is 0.832. The number of morpholine rings is 1. The minimum Gasteiger partial charge on any atom is -0.375 e. The van der Waals surface area contributed by atoms with E-state index in [1.54, 1.807) is 0 Å². The normalized spacial score (nSPS) is 21.3. The maximum Gasteiger partial charge on any atom is 0.223 e. The summed E-state index contributed by atoms with van der Waals surface area (Å²) in [5.41, 5.74) is 3.15. The molecule has 0 spiro atoms. The Kier molecular flexibility index (Phi) is 5.78. The summed E-state index contributed by atoms with van der Waals surface area (Å²) in [5.74, 6) is 0.177. The highest BCUT2D eigenvalue weighted by atomic mass is 16.5. The Hall–Kier alpha value is -1.87. The first kappa shape index (κ1) is 17.5. The third-order valence-corrected chi connectivity index (χ3v) is 4.48. The number of carbonyl (C=O) groups excluding carboxylic acids is 1. The van der Waals surface area contributed by atoms with Crippen molar-refractivity contribution in [2.75, 3.05) is 13.2 Å². The standard InChI is InChI=1S/C17H26N4O2/c1-12-11-23-13(2)10-20(12)17(22)7-6-16-14(3)19-21(15(16)4)9-5-8-18/h12-13H,5-7,9-11H2,1-4H3/t12-,13+/m1/s1. The van der Waals surface area contributed by atoms with Crippen LogP contribution in [0.15, 0.2) is 0 Å². The Bertz CT molecular complexity index is 602. The monoisotopic (exact) mass is 318 g/mol. The molecule has 1 amide bonds. The third-order valence-electron chi connectivity index (χ3n) is 4.48. The molecular formula is C17H26N4O2. The fraction of sp³-hybridized carbons (Fsp3) is 0.706. The summed E-state index contributed by atoms with van der Waals surface area (Å²) < 4.78 is 7.45. The van der Waals surface area contributed by atoms with Crippen LogP contribution in [0, 0.1) is 25.2 Å². The number of aromatic nitrogens is 2. The van der Waals surface area contributed by atoms with E-state index in [0.717, 1.165) is 17.0 Å². The van der Waals surface area contributed by atoms with Crippen molar-refractivity contribution in [3.05, 3.63) is 17.0 Å². The first-order valence-electron chi connectivity index (χ1n) is 8.25. The van der Waals surface area contributed by atoms with Gasteiger partial charge in [0, 0.05) is 18.7 Å². The smallest absolute Gasteiger partial charge is 0.223 e. The van der Waals surface area contributed by atoms with E-state index in [4.69, 9.17) is 10.00 Å². The van der Waals surface area contributed by atoms with E-state index in [-0.39, 0.29) is 18.1 Å². The fourth-order valence-corrected chi connectivity index (χ4v) is 3.10. The maximum absolute atomic E-state index is 12.5. The summed E-state index contributed by atoms with van der Waals surface area (Å²) in [4.78, 5) is 14.5. The molecule has 0 radical (unpaired) electrons. The zero-order valence-electron chi connectivity index (χ0n) is 14.5. The molecule has 2 rings (SSSR count). The zero-order chi connectivity index (χ0) is 17.0. The molecular weight excluding hydrogens is 292 g/mol. The highest BCUT2D eigenvalue weighted by molar-refractivity contribution is 5.77. The summed E-state index contributed by atoms with van der Waals surface area (Å²) in [6, 6.07) is 2.28. The number of ether oxygens (including phenoxy) is 1. The highest BCUT2D eigenvalue weighted by Crippen LogP contribution is 2.18. The molecule has 2 heterocycles. The van der Waals surface area contributed by atoms with Crippen molar-refractivity contribution in [1.29, 1.82) is 5.26 Å². The molecule has 1 aliphatic heterocycles. The number of carbonyl (C=O) groups is 1. The van der Waals surface area contributed by atoms with Crippen molar-refractivity contribution in [2.45, 2.75) is 65.6 Å². The van der Waals surface area contributed by atoms with Gasteiger partial charge in [0.15, 0.2) is 0 Å². The van der Waals surface area contributed by atoms with Crippen LogP contribution in [0.4, 0.5) is 0 Å². The first-order chi connectivity index (χ1) is 10.9. The molecule has 0 aromatic carbocycles. The van der Waals surface area contributed by atoms with E-state index in [1.165, 1.54) is 0 Å². The first-order valence-corrected chi connectivity index (χ1v) is 8.25. The largest absolute Gasteiger partial charge is 0.375 e. The molecule has 1 aromatic heterocycles. The van der Waals surface area contributed by atoms with Crippen LogP contribution in [0.1, 0.15) is 43.6 Å². The predicted molar refractivity (Wildman–Crippen MR) is 86.8 cm³/mol. The van der Waals surface area contributed by atoms with Gasteiger partial charge in [-0.25, -0.2) is 0 Å². The summed E-state index contributed by atoms with van der Waals surface area (Å²) in [6.45, 7) is 9.89. The lowest BCUT2D eigenvalue weighted by Gasteiger charge is -2.37. The Labute approximate surface area is 138 Å². The van der Waals surface area contributed by atoms with Crippen molar-refractivity contribution in [3.63, 3.8) is 0 Å². The highest BCUT2D eigenvalue weighted by Gasteiger charge is 2.27. The summed E-state index contributed by atoms with van der Waals surface area (Å²) >= 11 is 0. The predicted octanol–water partition coefficient (Wildman–Crippen LogP) is 1.98. The van der Waals surface area contributed by atoms with Crippen LogP contribution in [0.5, 0.6) is 0 Å². The Morgan fingerprint density at radius 1 is 1.43 bits per heavy atom. The third kappa shape index (κ3) is 4.11. The second-order valence-corrected chi connectivity index (χ2v) is 6.32. The summed E-state index contributed by atoms with van der Waals surface area (Å²) in [7, 11) is 0. The number of aryl methyl sites for hydroxylation is 2. The van der Waals surface area contributed by atoms with Gasteiger partial charge in [-0.05, 0) is 39.7 Å². The molecule has 0 bridgehead atoms. The van der Waals surface area contributed by atoms with Crippen molar-refractivity contribution in [3.8, 4) is 6.07 Å². The lowest BCUT2D eigenvalue weighted by molar-refractivity contribution is -0.143. The van der Waals surface area contributed by atoms with Crippen LogP contribution >= 0.6 is 0 Å². The van der Waals surface area contributed by atoms with Crippen LogP contribution in [0.25, 0.3) is 0 Å². The molecule has 0 N–H and O–H groups in total. The summed E-state index contributed by atoms with van der Waals surface area (Å²) in [6.07, 6.45) is 1.74. The number of rotatable bonds is 5. The van der Waals surface area contributed by atoms with Crippen LogP contribution in [-0.2, 0) is 22.5 Å². The zero-order valence-corrected chi connectivity index (χ0v) is 14.5. The molecule has 1 aromatic rings. The molecule has 6 heteroatoms. The number of nitrogens with zero attached hydrogens (tertiary/aromatic N) is 4. The Morgan fingerprint density at radius 2 is 2.17 bits per heavy atom. The second kappa shape index (κ2) is 7.60. The number of nitriles is 1. The van der Waals surface area contributed by atoms with Crippen LogP contribution < -0.4 is 0 Å². The molecule has 126 valence electrons. The molecule has 23 heavy (non-hydrogen) atoms. The van der Waals surface area contributed by atoms with Crippen LogP contribution in [0.2, 0.25) is 0 Å². The Balaban J connectivity index is 1.99. The minimum atomic E-state index is 0.104. The van der Waals surface area contributed by atoms with Gasteiger partial charge in [0.2, 0.25) is 5.91 Å². The van der Waals surface area contributed by atoms with E-state index >= 15 is 0 Å². The van der Waals surface area contributed by atoms with Gasteiger partial charge in [-0.1, -0.05) is 0 Å². The molecule has 1 saturated heterocycles. The van der Waals surface area contributed by atoms with Gasteiger partial charge in [0.25, 0.3) is 0 Å². The number of hydrogen-bond acceptors (Lipinski definition) is 4. The van der Waals surface area contributed by atoms with Gasteiger partial charge >= 0.3 is 0 Å². The van der Waals surface area contributed by atoms with Crippen molar-refractivity contribution < 1.29 is 9.53 Å². The van der Waals surface area contributed by atoms with E-state index in [2.05, 4.69) is 11.2 Å². The lowest BCUT2D eigenvalue weighted by atomic mass is 10.1. The Morgan fingerprint density at radius 3 is 2.87 bits per heavy atom. The number of amides is 1. The van der Waals surface area contributed by atoms with E-state index in [9.17, 15) is 4.79 Å². The van der Waals surface area contributed by atoms with Crippen molar-refractivity contribution in [2.24, 2.45) is 0 Å². The van der Waals surface area contributed by atoms with Gasteiger partial charge < -0.3 is 9.64 Å². The number of hydrogen-bond donors (Lipinski definition) is 0. The van der Waals surface area contributed by atoms with Gasteiger partial charge in [-0.15, -0.1) is 0 Å². The second-order valence-electron chi connectivity index (χ2n) is 6.32. The lowest BCUT2D eigenvalue weighted by Crippen LogP contribution is -2.50. The molecule has 1 fully saturated rings. The fourth-order valence-electron chi connectivity index (χ4n) is 3.10. The van der Waals surface area contributed by atoms with Gasteiger partial charge in [0.1, 0.15) is 0 Å². The molecule has 1 aliphatic rings. The average molecular weight is 318 g/mol.